The van der Waals surface area contributed by atoms with Gasteiger partial charge in [0.15, 0.2) is 11.0 Å². The zero-order chi connectivity index (χ0) is 20.8. The third-order valence-electron chi connectivity index (χ3n) is 4.35. The van der Waals surface area contributed by atoms with Crippen LogP contribution in [-0.4, -0.2) is 26.4 Å². The maximum absolute atomic E-state index is 12.4. The van der Waals surface area contributed by atoms with Crippen molar-refractivity contribution in [1.82, 2.24) is 14.8 Å². The van der Waals surface area contributed by atoms with Gasteiger partial charge < -0.3 is 14.6 Å². The highest BCUT2D eigenvalue weighted by Gasteiger charge is 2.14. The van der Waals surface area contributed by atoms with Crippen LogP contribution < -0.4 is 10.1 Å². The van der Waals surface area contributed by atoms with Crippen LogP contribution in [0, 0.1) is 13.8 Å². The molecule has 2 aromatic carbocycles. The lowest BCUT2D eigenvalue weighted by Gasteiger charge is -2.11. The Morgan fingerprint density at radius 3 is 2.69 bits per heavy atom. The summed E-state index contributed by atoms with van der Waals surface area (Å²) in [5, 5.41) is 12.1. The lowest BCUT2D eigenvalue weighted by Crippen LogP contribution is -2.15. The highest BCUT2D eigenvalue weighted by molar-refractivity contribution is 9.10. The van der Waals surface area contributed by atoms with E-state index in [1.165, 1.54) is 11.8 Å². The molecule has 29 heavy (non-hydrogen) atoms. The smallest absolute Gasteiger partial charge is 0.234 e. The lowest BCUT2D eigenvalue weighted by atomic mass is 10.2. The number of ether oxygens (including phenoxy) is 1. The van der Waals surface area contributed by atoms with Gasteiger partial charge in [0, 0.05) is 16.7 Å². The van der Waals surface area contributed by atoms with Gasteiger partial charge >= 0.3 is 0 Å². The van der Waals surface area contributed by atoms with Crippen LogP contribution in [0.3, 0.4) is 0 Å². The van der Waals surface area contributed by atoms with Gasteiger partial charge in [-0.15, -0.1) is 10.2 Å². The van der Waals surface area contributed by atoms with Crippen LogP contribution in [0.4, 0.5) is 5.69 Å². The molecule has 1 aromatic heterocycles. The van der Waals surface area contributed by atoms with E-state index in [0.29, 0.717) is 18.3 Å². The van der Waals surface area contributed by atoms with Crippen molar-refractivity contribution in [3.63, 3.8) is 0 Å². The SMILES string of the molecule is CCn1c(COc2ccccc2C)nnc1SCC(=O)Nc1ccc(Br)cc1C. The second kappa shape index (κ2) is 9.93. The van der Waals surface area contributed by atoms with Gasteiger partial charge in [-0.2, -0.15) is 0 Å². The summed E-state index contributed by atoms with van der Waals surface area (Å²) in [6, 6.07) is 13.6. The number of hydrogen-bond acceptors (Lipinski definition) is 5. The number of halogens is 1. The van der Waals surface area contributed by atoms with E-state index in [-0.39, 0.29) is 11.7 Å². The zero-order valence-electron chi connectivity index (χ0n) is 16.6. The van der Waals surface area contributed by atoms with Crippen molar-refractivity contribution in [1.29, 1.82) is 0 Å². The zero-order valence-corrected chi connectivity index (χ0v) is 19.0. The number of nitrogens with zero attached hydrogens (tertiary/aromatic N) is 3. The fourth-order valence-corrected chi connectivity index (χ4v) is 4.09. The largest absolute Gasteiger partial charge is 0.485 e. The molecule has 1 heterocycles. The van der Waals surface area contributed by atoms with Crippen molar-refractivity contribution in [2.24, 2.45) is 0 Å². The number of para-hydroxylation sites is 1. The molecule has 0 aliphatic rings. The van der Waals surface area contributed by atoms with Gasteiger partial charge in [0.25, 0.3) is 0 Å². The average molecular weight is 475 g/mol. The molecule has 0 saturated carbocycles. The topological polar surface area (TPSA) is 69.0 Å². The second-order valence-corrected chi connectivity index (χ2v) is 8.35. The molecule has 0 atom stereocenters. The summed E-state index contributed by atoms with van der Waals surface area (Å²) < 4.78 is 8.85. The second-order valence-electron chi connectivity index (χ2n) is 6.49. The van der Waals surface area contributed by atoms with Crippen LogP contribution in [0.5, 0.6) is 5.75 Å². The first kappa shape index (κ1) is 21.4. The molecular formula is C21H23BrN4O2S. The third-order valence-corrected chi connectivity index (χ3v) is 5.81. The van der Waals surface area contributed by atoms with Gasteiger partial charge in [-0.3, -0.25) is 4.79 Å². The van der Waals surface area contributed by atoms with E-state index in [9.17, 15) is 4.79 Å². The molecular weight excluding hydrogens is 452 g/mol. The van der Waals surface area contributed by atoms with E-state index in [1.54, 1.807) is 0 Å². The molecule has 3 aromatic rings. The summed E-state index contributed by atoms with van der Waals surface area (Å²) in [4.78, 5) is 12.4. The van der Waals surface area contributed by atoms with Crippen molar-refractivity contribution in [3.05, 3.63) is 63.9 Å². The minimum absolute atomic E-state index is 0.0798. The fraction of sp³-hybridized carbons (Fsp3) is 0.286. The maximum Gasteiger partial charge on any atom is 0.234 e. The number of anilines is 1. The number of benzene rings is 2. The molecule has 0 aliphatic carbocycles. The third kappa shape index (κ3) is 5.61. The molecule has 1 N–H and O–H groups in total. The Kier molecular flexibility index (Phi) is 7.33. The summed E-state index contributed by atoms with van der Waals surface area (Å²) in [5.74, 6) is 1.74. The van der Waals surface area contributed by atoms with E-state index in [4.69, 9.17) is 4.74 Å². The highest BCUT2D eigenvalue weighted by Crippen LogP contribution is 2.22. The molecule has 0 spiro atoms. The maximum atomic E-state index is 12.4. The number of amides is 1. The van der Waals surface area contributed by atoms with Crippen molar-refractivity contribution >= 4 is 39.3 Å². The van der Waals surface area contributed by atoms with Crippen molar-refractivity contribution in [3.8, 4) is 5.75 Å². The van der Waals surface area contributed by atoms with Crippen LogP contribution in [0.15, 0.2) is 52.1 Å². The summed E-state index contributed by atoms with van der Waals surface area (Å²) in [6.07, 6.45) is 0. The van der Waals surface area contributed by atoms with Gasteiger partial charge in [-0.25, -0.2) is 0 Å². The first-order valence-electron chi connectivity index (χ1n) is 9.27. The number of carbonyl (C=O) groups is 1. The van der Waals surface area contributed by atoms with E-state index in [2.05, 4.69) is 31.4 Å². The molecule has 0 saturated heterocycles. The molecule has 3 rings (SSSR count). The Morgan fingerprint density at radius 1 is 1.17 bits per heavy atom. The molecule has 0 radical (unpaired) electrons. The Bertz CT molecular complexity index is 1010. The van der Waals surface area contributed by atoms with E-state index in [1.807, 2.05) is 67.8 Å². The number of aromatic nitrogens is 3. The van der Waals surface area contributed by atoms with E-state index in [0.717, 1.165) is 32.9 Å². The first-order chi connectivity index (χ1) is 14.0. The van der Waals surface area contributed by atoms with Crippen LogP contribution >= 0.6 is 27.7 Å². The predicted molar refractivity (Wildman–Crippen MR) is 119 cm³/mol. The Balaban J connectivity index is 1.59. The summed E-state index contributed by atoms with van der Waals surface area (Å²) in [7, 11) is 0. The molecule has 0 fully saturated rings. The van der Waals surface area contributed by atoms with Gasteiger partial charge in [0.2, 0.25) is 5.91 Å². The van der Waals surface area contributed by atoms with Gasteiger partial charge in [0.1, 0.15) is 12.4 Å². The quantitative estimate of drug-likeness (QED) is 0.465. The first-order valence-corrected chi connectivity index (χ1v) is 11.0. The van der Waals surface area contributed by atoms with E-state index < -0.39 is 0 Å². The van der Waals surface area contributed by atoms with Gasteiger partial charge in [-0.1, -0.05) is 45.9 Å². The Labute approximate surface area is 183 Å². The fourth-order valence-electron chi connectivity index (χ4n) is 2.79. The molecule has 6 nitrogen and oxygen atoms in total. The van der Waals surface area contributed by atoms with Gasteiger partial charge in [-0.05, 0) is 56.2 Å². The van der Waals surface area contributed by atoms with Gasteiger partial charge in [0.05, 0.1) is 5.75 Å². The average Bonchev–Trinajstić information content (AvgIpc) is 3.10. The number of nitrogens with one attached hydrogen (secondary N) is 1. The van der Waals surface area contributed by atoms with Crippen molar-refractivity contribution in [2.45, 2.75) is 39.1 Å². The normalized spacial score (nSPS) is 10.8. The Hall–Kier alpha value is -2.32. The molecule has 0 unspecified atom stereocenters. The summed E-state index contributed by atoms with van der Waals surface area (Å²) in [5.41, 5.74) is 2.89. The van der Waals surface area contributed by atoms with E-state index >= 15 is 0 Å². The van der Waals surface area contributed by atoms with Crippen molar-refractivity contribution in [2.75, 3.05) is 11.1 Å². The summed E-state index contributed by atoms with van der Waals surface area (Å²) in [6.45, 7) is 7.02. The number of rotatable bonds is 8. The molecule has 152 valence electrons. The number of aryl methyl sites for hydroxylation is 2. The minimum Gasteiger partial charge on any atom is -0.485 e. The number of carbonyl (C=O) groups excluding carboxylic acids is 1. The standard InChI is InChI=1S/C21H23BrN4O2S/c1-4-26-19(12-28-18-8-6-5-7-14(18)2)24-25-21(26)29-13-20(27)23-17-10-9-16(22)11-15(17)3/h5-11H,4,12-13H2,1-3H3,(H,23,27). The molecule has 0 bridgehead atoms. The molecule has 0 aliphatic heterocycles. The predicted octanol–water partition coefficient (Wildman–Crippen LogP) is 4.99. The van der Waals surface area contributed by atoms with Crippen LogP contribution in [0.2, 0.25) is 0 Å². The summed E-state index contributed by atoms with van der Waals surface area (Å²) >= 11 is 4.79. The number of hydrogen-bond donors (Lipinski definition) is 1. The van der Waals surface area contributed by atoms with Crippen LogP contribution in [0.1, 0.15) is 23.9 Å². The monoisotopic (exact) mass is 474 g/mol. The highest BCUT2D eigenvalue weighted by atomic mass is 79.9. The minimum atomic E-state index is -0.0798. The molecule has 1 amide bonds. The molecule has 8 heteroatoms. The Morgan fingerprint density at radius 2 is 1.97 bits per heavy atom. The van der Waals surface area contributed by atoms with Crippen LogP contribution in [-0.2, 0) is 17.9 Å². The lowest BCUT2D eigenvalue weighted by molar-refractivity contribution is -0.113. The van der Waals surface area contributed by atoms with Crippen molar-refractivity contribution < 1.29 is 9.53 Å². The number of thioether (sulfide) groups is 1. The van der Waals surface area contributed by atoms with Crippen LogP contribution in [0.25, 0.3) is 0 Å².